The Bertz CT molecular complexity index is 738. The molecule has 1 aromatic carbocycles. The van der Waals surface area contributed by atoms with Gasteiger partial charge in [0.25, 0.3) is 0 Å². The number of unbranched alkanes of at least 4 members (excludes halogenated alkanes) is 8. The van der Waals surface area contributed by atoms with Crippen LogP contribution in [-0.4, -0.2) is 39.4 Å². The highest BCUT2D eigenvalue weighted by Gasteiger charge is 2.05. The van der Waals surface area contributed by atoms with Crippen LogP contribution < -0.4 is 9.47 Å². The molecule has 0 radical (unpaired) electrons. The third-order valence-electron chi connectivity index (χ3n) is 4.93. The van der Waals surface area contributed by atoms with Gasteiger partial charge in [-0.2, -0.15) is 0 Å². The molecule has 0 fully saturated rings. The van der Waals surface area contributed by atoms with E-state index in [4.69, 9.17) is 14.2 Å². The van der Waals surface area contributed by atoms with Gasteiger partial charge in [-0.3, -0.25) is 0 Å². The second kappa shape index (κ2) is 16.9. The summed E-state index contributed by atoms with van der Waals surface area (Å²) in [6.45, 7) is 6.37. The molecule has 0 atom stereocenters. The number of esters is 2. The van der Waals surface area contributed by atoms with Gasteiger partial charge in [-0.15, -0.1) is 0 Å². The first-order chi connectivity index (χ1) is 15.5. The van der Waals surface area contributed by atoms with Crippen LogP contribution in [0, 0.1) is 0 Å². The second-order valence-corrected chi connectivity index (χ2v) is 7.71. The quantitative estimate of drug-likeness (QED) is 0.169. The van der Waals surface area contributed by atoms with Crippen LogP contribution in [0.5, 0.6) is 11.5 Å². The number of carbonyl (C=O) groups excluding carboxylic acids is 2. The fourth-order valence-electron chi connectivity index (χ4n) is 3.05. The fraction of sp³-hybridized carbons (Fsp3) is 0.538. The van der Waals surface area contributed by atoms with Crippen molar-refractivity contribution in [3.05, 3.63) is 42.0 Å². The summed E-state index contributed by atoms with van der Waals surface area (Å²) in [4.78, 5) is 22.5. The van der Waals surface area contributed by atoms with Gasteiger partial charge in [-0.05, 0) is 43.5 Å². The molecule has 6 heteroatoms. The Hall–Kier alpha value is -2.76. The lowest BCUT2D eigenvalue weighted by atomic mass is 10.1. The van der Waals surface area contributed by atoms with Crippen LogP contribution in [-0.2, 0) is 19.1 Å². The zero-order chi connectivity index (χ0) is 23.6. The monoisotopic (exact) mass is 446 g/mol. The largest absolute Gasteiger partial charge is 0.493 e. The third-order valence-corrected chi connectivity index (χ3v) is 4.93. The molecular weight excluding hydrogens is 408 g/mol. The van der Waals surface area contributed by atoms with Crippen molar-refractivity contribution in [2.24, 2.45) is 0 Å². The summed E-state index contributed by atoms with van der Waals surface area (Å²) < 4.78 is 20.9. The van der Waals surface area contributed by atoms with Crippen LogP contribution in [0.1, 0.15) is 70.3 Å². The Labute approximate surface area is 192 Å². The van der Waals surface area contributed by atoms with Crippen LogP contribution in [0.4, 0.5) is 0 Å². The minimum Gasteiger partial charge on any atom is -0.493 e. The summed E-state index contributed by atoms with van der Waals surface area (Å²) in [5.41, 5.74) is 1.30. The SMILES string of the molecule is C=C(C)C(=O)OCCCCCCCCCCCOc1ccc(/C=C/C(=O)OC)cc1OC. The van der Waals surface area contributed by atoms with E-state index in [-0.39, 0.29) is 5.97 Å². The number of methoxy groups -OCH3 is 2. The number of benzene rings is 1. The smallest absolute Gasteiger partial charge is 0.333 e. The van der Waals surface area contributed by atoms with Crippen molar-refractivity contribution >= 4 is 18.0 Å². The Morgan fingerprint density at radius 2 is 1.47 bits per heavy atom. The summed E-state index contributed by atoms with van der Waals surface area (Å²) >= 11 is 0. The van der Waals surface area contributed by atoms with Crippen molar-refractivity contribution in [2.45, 2.75) is 64.7 Å². The van der Waals surface area contributed by atoms with Crippen molar-refractivity contribution < 1.29 is 28.5 Å². The van der Waals surface area contributed by atoms with Gasteiger partial charge < -0.3 is 18.9 Å². The Morgan fingerprint density at radius 3 is 2.03 bits per heavy atom. The number of carbonyl (C=O) groups is 2. The van der Waals surface area contributed by atoms with E-state index in [2.05, 4.69) is 11.3 Å². The normalized spacial score (nSPS) is 10.7. The standard InChI is InChI=1S/C26H38O6/c1-21(2)26(28)32-19-13-11-9-7-5-6-8-10-12-18-31-23-16-14-22(20-24(23)29-3)15-17-25(27)30-4/h14-17,20H,1,5-13,18-19H2,2-4H3/b17-15+. The molecule has 0 heterocycles. The summed E-state index contributed by atoms with van der Waals surface area (Å²) in [5.74, 6) is 0.659. The summed E-state index contributed by atoms with van der Waals surface area (Å²) in [6.07, 6.45) is 13.3. The molecule has 6 nitrogen and oxygen atoms in total. The van der Waals surface area contributed by atoms with E-state index >= 15 is 0 Å². The number of hydrogen-bond donors (Lipinski definition) is 0. The van der Waals surface area contributed by atoms with E-state index in [9.17, 15) is 9.59 Å². The van der Waals surface area contributed by atoms with E-state index in [0.717, 1.165) is 31.2 Å². The molecular formula is C26H38O6. The van der Waals surface area contributed by atoms with E-state index in [0.29, 0.717) is 30.3 Å². The van der Waals surface area contributed by atoms with Crippen LogP contribution in [0.15, 0.2) is 36.4 Å². The van der Waals surface area contributed by atoms with Crippen LogP contribution in [0.2, 0.25) is 0 Å². The molecule has 0 saturated heterocycles. The van der Waals surface area contributed by atoms with Gasteiger partial charge in [-0.1, -0.05) is 57.6 Å². The van der Waals surface area contributed by atoms with Crippen LogP contribution in [0.3, 0.4) is 0 Å². The average Bonchev–Trinajstić information content (AvgIpc) is 2.80. The first-order valence-electron chi connectivity index (χ1n) is 11.4. The predicted octanol–water partition coefficient (Wildman–Crippen LogP) is 5.89. The molecule has 0 aliphatic rings. The van der Waals surface area contributed by atoms with Gasteiger partial charge in [0.2, 0.25) is 0 Å². The van der Waals surface area contributed by atoms with E-state index < -0.39 is 5.97 Å². The zero-order valence-corrected chi connectivity index (χ0v) is 19.8. The molecule has 0 aliphatic heterocycles. The maximum absolute atomic E-state index is 11.3. The molecule has 0 N–H and O–H groups in total. The molecule has 32 heavy (non-hydrogen) atoms. The molecule has 0 unspecified atom stereocenters. The molecule has 0 aromatic heterocycles. The molecule has 178 valence electrons. The summed E-state index contributed by atoms with van der Waals surface area (Å²) in [6, 6.07) is 5.57. The highest BCUT2D eigenvalue weighted by Crippen LogP contribution is 2.28. The van der Waals surface area contributed by atoms with Crippen molar-refractivity contribution in [1.29, 1.82) is 0 Å². The maximum atomic E-state index is 11.3. The molecule has 0 saturated carbocycles. The molecule has 0 aliphatic carbocycles. The fourth-order valence-corrected chi connectivity index (χ4v) is 3.05. The highest BCUT2D eigenvalue weighted by molar-refractivity contribution is 5.87. The Kier molecular flexibility index (Phi) is 14.4. The van der Waals surface area contributed by atoms with Gasteiger partial charge >= 0.3 is 11.9 Å². The lowest BCUT2D eigenvalue weighted by Gasteiger charge is -2.11. The van der Waals surface area contributed by atoms with E-state index in [1.807, 2.05) is 18.2 Å². The molecule has 0 spiro atoms. The summed E-state index contributed by atoms with van der Waals surface area (Å²) in [7, 11) is 2.95. The van der Waals surface area contributed by atoms with Crippen LogP contribution in [0.25, 0.3) is 6.08 Å². The molecule has 1 rings (SSSR count). The second-order valence-electron chi connectivity index (χ2n) is 7.71. The van der Waals surface area contributed by atoms with Gasteiger partial charge in [0.1, 0.15) is 0 Å². The minimum atomic E-state index is -0.397. The van der Waals surface area contributed by atoms with Gasteiger partial charge in [0, 0.05) is 11.6 Å². The zero-order valence-electron chi connectivity index (χ0n) is 19.8. The first-order valence-corrected chi connectivity index (χ1v) is 11.4. The first kappa shape index (κ1) is 27.3. The van der Waals surface area contributed by atoms with Crippen LogP contribution >= 0.6 is 0 Å². The lowest BCUT2D eigenvalue weighted by molar-refractivity contribution is -0.139. The highest BCUT2D eigenvalue weighted by atomic mass is 16.5. The average molecular weight is 447 g/mol. The molecule has 1 aromatic rings. The van der Waals surface area contributed by atoms with E-state index in [1.54, 1.807) is 20.1 Å². The lowest BCUT2D eigenvalue weighted by Crippen LogP contribution is -2.05. The number of ether oxygens (including phenoxy) is 4. The molecule has 0 bridgehead atoms. The Morgan fingerprint density at radius 1 is 0.875 bits per heavy atom. The minimum absolute atomic E-state index is 0.294. The van der Waals surface area contributed by atoms with Crippen molar-refractivity contribution in [2.75, 3.05) is 27.4 Å². The topological polar surface area (TPSA) is 71.1 Å². The summed E-state index contributed by atoms with van der Waals surface area (Å²) in [5, 5.41) is 0. The molecule has 0 amide bonds. The number of rotatable bonds is 17. The van der Waals surface area contributed by atoms with Crippen molar-refractivity contribution in [1.82, 2.24) is 0 Å². The van der Waals surface area contributed by atoms with Gasteiger partial charge in [0.15, 0.2) is 11.5 Å². The third kappa shape index (κ3) is 12.2. The van der Waals surface area contributed by atoms with Gasteiger partial charge in [-0.25, -0.2) is 9.59 Å². The van der Waals surface area contributed by atoms with Gasteiger partial charge in [0.05, 0.1) is 27.4 Å². The number of hydrogen-bond acceptors (Lipinski definition) is 6. The van der Waals surface area contributed by atoms with E-state index in [1.165, 1.54) is 45.3 Å². The maximum Gasteiger partial charge on any atom is 0.333 e. The predicted molar refractivity (Wildman–Crippen MR) is 127 cm³/mol. The van der Waals surface area contributed by atoms with Crippen molar-refractivity contribution in [3.63, 3.8) is 0 Å². The van der Waals surface area contributed by atoms with Crippen molar-refractivity contribution in [3.8, 4) is 11.5 Å². The Balaban J connectivity index is 2.08.